The molecule has 0 saturated heterocycles. The molecule has 0 spiro atoms. The van der Waals surface area contributed by atoms with Crippen molar-refractivity contribution in [2.24, 2.45) is 0 Å². The summed E-state index contributed by atoms with van der Waals surface area (Å²) in [6, 6.07) is 14.0. The van der Waals surface area contributed by atoms with Crippen LogP contribution in [-0.2, 0) is 6.54 Å². The fraction of sp³-hybridized carbons (Fsp3) is 0.368. The molecule has 112 valence electrons. The molecule has 0 heterocycles. The monoisotopic (exact) mass is 283 g/mol. The van der Waals surface area contributed by atoms with Gasteiger partial charge in [-0.1, -0.05) is 52.0 Å². The Balaban J connectivity index is 2.17. The topological polar surface area (TPSA) is 32.3 Å². The molecule has 0 aromatic heterocycles. The number of anilines is 1. The van der Waals surface area contributed by atoms with Crippen LogP contribution in [0.3, 0.4) is 0 Å². The zero-order valence-electron chi connectivity index (χ0n) is 13.4. The maximum absolute atomic E-state index is 9.32. The maximum Gasteiger partial charge on any atom is 0.115 e. The summed E-state index contributed by atoms with van der Waals surface area (Å²) in [6.45, 7) is 9.67. The molecule has 0 aliphatic carbocycles. The van der Waals surface area contributed by atoms with E-state index in [1.165, 1.54) is 16.8 Å². The van der Waals surface area contributed by atoms with Crippen LogP contribution in [0.15, 0.2) is 42.5 Å². The highest BCUT2D eigenvalue weighted by Gasteiger charge is 2.09. The van der Waals surface area contributed by atoms with Crippen LogP contribution in [-0.4, -0.2) is 5.11 Å². The summed E-state index contributed by atoms with van der Waals surface area (Å²) in [5.41, 5.74) is 5.10. The molecule has 0 bridgehead atoms. The second kappa shape index (κ2) is 6.66. The fourth-order valence-corrected chi connectivity index (χ4v) is 2.39. The van der Waals surface area contributed by atoms with Crippen molar-refractivity contribution in [1.29, 1.82) is 0 Å². The van der Waals surface area contributed by atoms with E-state index in [2.05, 4.69) is 51.2 Å². The van der Waals surface area contributed by atoms with Gasteiger partial charge in [-0.15, -0.1) is 0 Å². The molecule has 0 unspecified atom stereocenters. The van der Waals surface area contributed by atoms with Gasteiger partial charge < -0.3 is 10.4 Å². The average molecular weight is 283 g/mol. The summed E-state index contributed by atoms with van der Waals surface area (Å²) in [4.78, 5) is 0. The van der Waals surface area contributed by atoms with Gasteiger partial charge in [-0.25, -0.2) is 0 Å². The van der Waals surface area contributed by atoms with Gasteiger partial charge in [0.25, 0.3) is 0 Å². The number of aromatic hydroxyl groups is 1. The van der Waals surface area contributed by atoms with E-state index in [0.717, 1.165) is 12.1 Å². The van der Waals surface area contributed by atoms with E-state index in [1.807, 2.05) is 12.1 Å². The van der Waals surface area contributed by atoms with Gasteiger partial charge in [-0.2, -0.15) is 0 Å². The van der Waals surface area contributed by atoms with Crippen LogP contribution in [0.1, 0.15) is 56.2 Å². The Bertz CT molecular complexity index is 585. The first-order valence-corrected chi connectivity index (χ1v) is 7.63. The molecule has 2 rings (SSSR count). The molecule has 0 amide bonds. The first-order chi connectivity index (χ1) is 9.97. The molecule has 0 saturated carbocycles. The lowest BCUT2D eigenvalue weighted by Gasteiger charge is -2.18. The molecular weight excluding hydrogens is 258 g/mol. The lowest BCUT2D eigenvalue weighted by Crippen LogP contribution is -2.04. The molecule has 2 aromatic carbocycles. The average Bonchev–Trinajstić information content (AvgIpc) is 2.46. The number of rotatable bonds is 5. The SMILES string of the molecule is CC(C)c1ccc(NCc2ccc(O)cc2)c(C(C)C)c1. The quantitative estimate of drug-likeness (QED) is 0.785. The van der Waals surface area contributed by atoms with Gasteiger partial charge in [-0.3, -0.25) is 0 Å². The lowest BCUT2D eigenvalue weighted by atomic mass is 9.94. The minimum atomic E-state index is 0.308. The summed E-state index contributed by atoms with van der Waals surface area (Å²) in [7, 11) is 0. The van der Waals surface area contributed by atoms with Crippen molar-refractivity contribution in [1.82, 2.24) is 0 Å². The number of benzene rings is 2. The molecule has 0 aliphatic heterocycles. The molecule has 0 radical (unpaired) electrons. The fourth-order valence-electron chi connectivity index (χ4n) is 2.39. The molecule has 2 heteroatoms. The van der Waals surface area contributed by atoms with Crippen molar-refractivity contribution in [3.05, 3.63) is 59.2 Å². The third-order valence-electron chi connectivity index (χ3n) is 3.78. The van der Waals surface area contributed by atoms with Gasteiger partial charge in [0.1, 0.15) is 5.75 Å². The Morgan fingerprint density at radius 1 is 0.905 bits per heavy atom. The second-order valence-electron chi connectivity index (χ2n) is 6.18. The molecule has 0 aliphatic rings. The van der Waals surface area contributed by atoms with Crippen molar-refractivity contribution < 1.29 is 5.11 Å². The zero-order chi connectivity index (χ0) is 15.4. The smallest absolute Gasteiger partial charge is 0.115 e. The summed E-state index contributed by atoms with van der Waals surface area (Å²) in [5, 5.41) is 12.8. The predicted molar refractivity (Wildman–Crippen MR) is 90.1 cm³/mol. The van der Waals surface area contributed by atoms with Crippen LogP contribution >= 0.6 is 0 Å². The van der Waals surface area contributed by atoms with E-state index in [9.17, 15) is 5.11 Å². The van der Waals surface area contributed by atoms with Crippen LogP contribution in [0.5, 0.6) is 5.75 Å². The van der Waals surface area contributed by atoms with E-state index in [-0.39, 0.29) is 0 Å². The largest absolute Gasteiger partial charge is 0.508 e. The van der Waals surface area contributed by atoms with E-state index >= 15 is 0 Å². The van der Waals surface area contributed by atoms with Crippen molar-refractivity contribution in [2.45, 2.75) is 46.1 Å². The zero-order valence-corrected chi connectivity index (χ0v) is 13.4. The van der Waals surface area contributed by atoms with Gasteiger partial charge in [0.05, 0.1) is 0 Å². The summed E-state index contributed by atoms with van der Waals surface area (Å²) in [6.07, 6.45) is 0. The molecule has 2 nitrogen and oxygen atoms in total. The summed E-state index contributed by atoms with van der Waals surface area (Å²) >= 11 is 0. The highest BCUT2D eigenvalue weighted by atomic mass is 16.3. The summed E-state index contributed by atoms with van der Waals surface area (Å²) < 4.78 is 0. The highest BCUT2D eigenvalue weighted by Crippen LogP contribution is 2.28. The Morgan fingerprint density at radius 2 is 1.57 bits per heavy atom. The third-order valence-corrected chi connectivity index (χ3v) is 3.78. The van der Waals surface area contributed by atoms with E-state index in [0.29, 0.717) is 17.6 Å². The molecule has 0 fully saturated rings. The Hall–Kier alpha value is -1.96. The van der Waals surface area contributed by atoms with Gasteiger partial charge in [0.15, 0.2) is 0 Å². The van der Waals surface area contributed by atoms with Crippen LogP contribution in [0.4, 0.5) is 5.69 Å². The van der Waals surface area contributed by atoms with Crippen molar-refractivity contribution in [2.75, 3.05) is 5.32 Å². The Morgan fingerprint density at radius 3 is 2.14 bits per heavy atom. The lowest BCUT2D eigenvalue weighted by molar-refractivity contribution is 0.475. The number of hydrogen-bond donors (Lipinski definition) is 2. The van der Waals surface area contributed by atoms with E-state index < -0.39 is 0 Å². The summed E-state index contributed by atoms with van der Waals surface area (Å²) in [5.74, 6) is 1.35. The van der Waals surface area contributed by atoms with Gasteiger partial charge in [-0.05, 0) is 46.7 Å². The van der Waals surface area contributed by atoms with E-state index in [1.54, 1.807) is 12.1 Å². The Labute approximate surface area is 127 Å². The number of phenolic OH excluding ortho intramolecular Hbond substituents is 1. The van der Waals surface area contributed by atoms with Crippen LogP contribution in [0.2, 0.25) is 0 Å². The third kappa shape index (κ3) is 4.01. The molecule has 21 heavy (non-hydrogen) atoms. The predicted octanol–water partition coefficient (Wildman–Crippen LogP) is 5.25. The van der Waals surface area contributed by atoms with Crippen molar-refractivity contribution in [3.63, 3.8) is 0 Å². The Kier molecular flexibility index (Phi) is 4.89. The molecular formula is C19H25NO. The number of hydrogen-bond acceptors (Lipinski definition) is 2. The number of nitrogens with one attached hydrogen (secondary N) is 1. The van der Waals surface area contributed by atoms with Crippen LogP contribution in [0, 0.1) is 0 Å². The number of phenols is 1. The van der Waals surface area contributed by atoms with Crippen molar-refractivity contribution in [3.8, 4) is 5.75 Å². The van der Waals surface area contributed by atoms with Gasteiger partial charge >= 0.3 is 0 Å². The van der Waals surface area contributed by atoms with Crippen molar-refractivity contribution >= 4 is 5.69 Å². The molecule has 2 aromatic rings. The molecule has 0 atom stereocenters. The second-order valence-corrected chi connectivity index (χ2v) is 6.18. The first kappa shape index (κ1) is 15.4. The van der Waals surface area contributed by atoms with Gasteiger partial charge in [0.2, 0.25) is 0 Å². The van der Waals surface area contributed by atoms with Crippen LogP contribution < -0.4 is 5.32 Å². The first-order valence-electron chi connectivity index (χ1n) is 7.63. The molecule has 2 N–H and O–H groups in total. The van der Waals surface area contributed by atoms with Crippen LogP contribution in [0.25, 0.3) is 0 Å². The highest BCUT2D eigenvalue weighted by molar-refractivity contribution is 5.55. The standard InChI is InChI=1S/C19H25NO/c1-13(2)16-7-10-19(18(11-16)14(3)4)20-12-15-5-8-17(21)9-6-15/h5-11,13-14,20-21H,12H2,1-4H3. The van der Waals surface area contributed by atoms with E-state index in [4.69, 9.17) is 0 Å². The minimum Gasteiger partial charge on any atom is -0.508 e. The normalized spacial score (nSPS) is 11.1. The maximum atomic E-state index is 9.32. The minimum absolute atomic E-state index is 0.308. The van der Waals surface area contributed by atoms with Gasteiger partial charge in [0, 0.05) is 12.2 Å².